The smallest absolute Gasteiger partial charge is 0.261 e. The third-order valence-electron chi connectivity index (χ3n) is 3.65. The molecule has 0 radical (unpaired) electrons. The van der Waals surface area contributed by atoms with Crippen molar-refractivity contribution in [3.8, 4) is 0 Å². The maximum absolute atomic E-state index is 12.9. The molecule has 0 unspecified atom stereocenters. The zero-order valence-corrected chi connectivity index (χ0v) is 15.4. The quantitative estimate of drug-likeness (QED) is 0.655. The van der Waals surface area contributed by atoms with Crippen molar-refractivity contribution in [1.29, 1.82) is 0 Å². The Kier molecular flexibility index (Phi) is 5.43. The molecule has 0 heterocycles. The summed E-state index contributed by atoms with van der Waals surface area (Å²) in [6.07, 6.45) is 0. The Morgan fingerprint density at radius 1 is 0.889 bits per heavy atom. The van der Waals surface area contributed by atoms with Gasteiger partial charge in [-0.05, 0) is 60.7 Å². The van der Waals surface area contributed by atoms with Crippen molar-refractivity contribution in [3.05, 3.63) is 89.2 Å². The van der Waals surface area contributed by atoms with Crippen LogP contribution in [0.3, 0.4) is 0 Å². The Labute approximate surface area is 160 Å². The van der Waals surface area contributed by atoms with Gasteiger partial charge in [0.2, 0.25) is 0 Å². The third-order valence-corrected chi connectivity index (χ3v) is 5.37. The lowest BCUT2D eigenvalue weighted by atomic mass is 10.2. The van der Waals surface area contributed by atoms with Crippen molar-refractivity contribution in [2.45, 2.75) is 4.90 Å². The van der Waals surface area contributed by atoms with Crippen molar-refractivity contribution in [3.63, 3.8) is 0 Å². The van der Waals surface area contributed by atoms with E-state index in [4.69, 9.17) is 11.6 Å². The van der Waals surface area contributed by atoms with Crippen LogP contribution >= 0.6 is 11.6 Å². The summed E-state index contributed by atoms with van der Waals surface area (Å²) in [5.74, 6) is -0.904. The molecule has 0 aliphatic heterocycles. The molecule has 0 saturated heterocycles. The van der Waals surface area contributed by atoms with E-state index in [0.29, 0.717) is 16.3 Å². The van der Waals surface area contributed by atoms with Crippen LogP contribution in [-0.4, -0.2) is 14.3 Å². The van der Waals surface area contributed by atoms with E-state index >= 15 is 0 Å². The number of para-hydroxylation sites is 1. The number of amides is 1. The first-order valence-electron chi connectivity index (χ1n) is 7.79. The van der Waals surface area contributed by atoms with Crippen LogP contribution in [0.25, 0.3) is 0 Å². The lowest BCUT2D eigenvalue weighted by molar-refractivity contribution is 0.102. The fraction of sp³-hybridized carbons (Fsp3) is 0. The molecule has 0 atom stereocenters. The number of sulfonamides is 1. The Morgan fingerprint density at radius 3 is 2.15 bits per heavy atom. The predicted molar refractivity (Wildman–Crippen MR) is 103 cm³/mol. The highest BCUT2D eigenvalue weighted by Crippen LogP contribution is 2.22. The summed E-state index contributed by atoms with van der Waals surface area (Å²) in [6.45, 7) is 0. The average Bonchev–Trinajstić information content (AvgIpc) is 2.64. The van der Waals surface area contributed by atoms with E-state index in [9.17, 15) is 17.6 Å². The molecular weight excluding hydrogens is 391 g/mol. The topological polar surface area (TPSA) is 75.3 Å². The van der Waals surface area contributed by atoms with Gasteiger partial charge in [0, 0.05) is 11.3 Å². The van der Waals surface area contributed by atoms with Crippen molar-refractivity contribution in [2.24, 2.45) is 0 Å². The number of hydrogen-bond donors (Lipinski definition) is 2. The Balaban J connectivity index is 1.72. The molecule has 3 aromatic rings. The summed E-state index contributed by atoms with van der Waals surface area (Å²) in [7, 11) is -3.85. The minimum Gasteiger partial charge on any atom is -0.321 e. The second-order valence-corrected chi connectivity index (χ2v) is 7.66. The summed E-state index contributed by atoms with van der Waals surface area (Å²) in [4.78, 5) is 12.2. The number of anilines is 2. The van der Waals surface area contributed by atoms with E-state index < -0.39 is 15.8 Å². The SMILES string of the molecule is O=C(Nc1ccccc1Cl)c1ccc(NS(=O)(=O)c2ccc(F)cc2)cc1. The largest absolute Gasteiger partial charge is 0.321 e. The van der Waals surface area contributed by atoms with Crippen LogP contribution in [0.15, 0.2) is 77.7 Å². The van der Waals surface area contributed by atoms with Gasteiger partial charge in [0.05, 0.1) is 15.6 Å². The average molecular weight is 405 g/mol. The molecule has 0 aromatic heterocycles. The highest BCUT2D eigenvalue weighted by atomic mass is 35.5. The summed E-state index contributed by atoms with van der Waals surface area (Å²) in [5, 5.41) is 3.09. The van der Waals surface area contributed by atoms with Crippen LogP contribution in [-0.2, 0) is 10.0 Å². The Bertz CT molecular complexity index is 1070. The minimum atomic E-state index is -3.85. The molecule has 0 bridgehead atoms. The zero-order valence-electron chi connectivity index (χ0n) is 13.8. The van der Waals surface area contributed by atoms with E-state index in [1.807, 2.05) is 0 Å². The number of nitrogens with one attached hydrogen (secondary N) is 2. The maximum Gasteiger partial charge on any atom is 0.261 e. The molecule has 2 N–H and O–H groups in total. The van der Waals surface area contributed by atoms with Gasteiger partial charge in [-0.3, -0.25) is 9.52 Å². The van der Waals surface area contributed by atoms with E-state index in [1.165, 1.54) is 36.4 Å². The van der Waals surface area contributed by atoms with Gasteiger partial charge in [-0.25, -0.2) is 12.8 Å². The lowest BCUT2D eigenvalue weighted by Gasteiger charge is -2.10. The molecule has 3 aromatic carbocycles. The van der Waals surface area contributed by atoms with Crippen LogP contribution < -0.4 is 10.0 Å². The van der Waals surface area contributed by atoms with Crippen molar-refractivity contribution in [1.82, 2.24) is 0 Å². The molecule has 8 heteroatoms. The Morgan fingerprint density at radius 2 is 1.52 bits per heavy atom. The van der Waals surface area contributed by atoms with Crippen LogP contribution in [0.4, 0.5) is 15.8 Å². The van der Waals surface area contributed by atoms with Crippen LogP contribution in [0.1, 0.15) is 10.4 Å². The maximum atomic E-state index is 12.9. The van der Waals surface area contributed by atoms with Crippen molar-refractivity contribution in [2.75, 3.05) is 10.0 Å². The van der Waals surface area contributed by atoms with Crippen LogP contribution in [0, 0.1) is 5.82 Å². The fourth-order valence-corrected chi connectivity index (χ4v) is 3.52. The van der Waals surface area contributed by atoms with Gasteiger partial charge in [0.15, 0.2) is 0 Å². The first kappa shape index (κ1) is 18.9. The summed E-state index contributed by atoms with van der Waals surface area (Å²) >= 11 is 6.01. The number of hydrogen-bond acceptors (Lipinski definition) is 3. The van der Waals surface area contributed by atoms with Gasteiger partial charge in [-0.2, -0.15) is 0 Å². The van der Waals surface area contributed by atoms with Crippen LogP contribution in [0.2, 0.25) is 5.02 Å². The number of halogens is 2. The summed E-state index contributed by atoms with van der Waals surface area (Å²) in [6, 6.07) is 17.2. The molecule has 0 saturated carbocycles. The van der Waals surface area contributed by atoms with Crippen LogP contribution in [0.5, 0.6) is 0 Å². The van der Waals surface area contributed by atoms with Gasteiger partial charge < -0.3 is 5.32 Å². The van der Waals surface area contributed by atoms with Gasteiger partial charge in [0.1, 0.15) is 5.82 Å². The first-order valence-corrected chi connectivity index (χ1v) is 9.65. The molecule has 27 heavy (non-hydrogen) atoms. The number of carbonyl (C=O) groups excluding carboxylic acids is 1. The second kappa shape index (κ2) is 7.77. The highest BCUT2D eigenvalue weighted by molar-refractivity contribution is 7.92. The number of carbonyl (C=O) groups is 1. The van der Waals surface area contributed by atoms with Crippen molar-refractivity contribution < 1.29 is 17.6 Å². The zero-order chi connectivity index (χ0) is 19.4. The number of benzene rings is 3. The molecule has 5 nitrogen and oxygen atoms in total. The third kappa shape index (κ3) is 4.64. The molecule has 3 rings (SSSR count). The van der Waals surface area contributed by atoms with E-state index in [-0.39, 0.29) is 16.5 Å². The van der Waals surface area contributed by atoms with Gasteiger partial charge in [-0.15, -0.1) is 0 Å². The summed E-state index contributed by atoms with van der Waals surface area (Å²) < 4.78 is 39.9. The van der Waals surface area contributed by atoms with E-state index in [2.05, 4.69) is 10.0 Å². The molecule has 0 fully saturated rings. The number of rotatable bonds is 5. The van der Waals surface area contributed by atoms with E-state index in [1.54, 1.807) is 24.3 Å². The molecule has 1 amide bonds. The lowest BCUT2D eigenvalue weighted by Crippen LogP contribution is -2.14. The normalized spacial score (nSPS) is 11.0. The second-order valence-electron chi connectivity index (χ2n) is 5.57. The van der Waals surface area contributed by atoms with Crippen molar-refractivity contribution >= 4 is 38.9 Å². The fourth-order valence-electron chi connectivity index (χ4n) is 2.27. The Hall–Kier alpha value is -2.90. The highest BCUT2D eigenvalue weighted by Gasteiger charge is 2.15. The monoisotopic (exact) mass is 404 g/mol. The molecule has 0 aliphatic carbocycles. The minimum absolute atomic E-state index is 0.0653. The van der Waals surface area contributed by atoms with Gasteiger partial charge >= 0.3 is 0 Å². The molecule has 0 aliphatic rings. The first-order chi connectivity index (χ1) is 12.8. The predicted octanol–water partition coefficient (Wildman–Crippen LogP) is 4.53. The molecule has 0 spiro atoms. The standard InChI is InChI=1S/C19H14ClFN2O3S/c20-17-3-1-2-4-18(17)22-19(24)13-5-9-15(10-6-13)23-27(25,26)16-11-7-14(21)8-12-16/h1-12,23H,(H,22,24). The molecule has 138 valence electrons. The van der Waals surface area contributed by atoms with Gasteiger partial charge in [0.25, 0.3) is 15.9 Å². The molecular formula is C19H14ClFN2O3S. The van der Waals surface area contributed by atoms with E-state index in [0.717, 1.165) is 12.1 Å². The van der Waals surface area contributed by atoms with Gasteiger partial charge in [-0.1, -0.05) is 23.7 Å². The summed E-state index contributed by atoms with van der Waals surface area (Å²) in [5.41, 5.74) is 1.08.